The molecule has 1 aliphatic carbocycles. The van der Waals surface area contributed by atoms with E-state index in [-0.39, 0.29) is 31.0 Å². The molecule has 0 amide bonds. The lowest BCUT2D eigenvalue weighted by Gasteiger charge is -2.39. The summed E-state index contributed by atoms with van der Waals surface area (Å²) in [5.74, 6) is -1.88. The summed E-state index contributed by atoms with van der Waals surface area (Å²) in [6, 6.07) is 8.62. The average Bonchev–Trinajstić information content (AvgIpc) is 3.13. The van der Waals surface area contributed by atoms with Crippen molar-refractivity contribution in [2.75, 3.05) is 20.3 Å². The van der Waals surface area contributed by atoms with Gasteiger partial charge in [-0.3, -0.25) is 9.59 Å². The minimum Gasteiger partial charge on any atom is -0.469 e. The number of fused-ring (bicyclic) bond motifs is 1. The lowest BCUT2D eigenvalue weighted by atomic mass is 9.79. The minimum absolute atomic E-state index is 0.103. The number of methoxy groups -OCH3 is 1. The fraction of sp³-hybridized carbons (Fsp3) is 0.500. The third kappa shape index (κ3) is 4.21. The Bertz CT molecular complexity index is 704. The van der Waals surface area contributed by atoms with Crippen LogP contribution in [0.5, 0.6) is 0 Å². The average molecular weight is 375 g/mol. The van der Waals surface area contributed by atoms with Crippen molar-refractivity contribution in [3.05, 3.63) is 47.5 Å². The SMILES string of the molecule is COC(=O)C1COC(OC(=O)C(N)Cc2ccccc2)C2C(CO)=CCC12. The van der Waals surface area contributed by atoms with Gasteiger partial charge in [0.2, 0.25) is 6.29 Å². The number of rotatable bonds is 6. The van der Waals surface area contributed by atoms with Crippen molar-refractivity contribution in [2.24, 2.45) is 23.5 Å². The third-order valence-electron chi connectivity index (χ3n) is 5.31. The fourth-order valence-corrected chi connectivity index (χ4v) is 3.89. The Morgan fingerprint density at radius 1 is 1.33 bits per heavy atom. The third-order valence-corrected chi connectivity index (χ3v) is 5.31. The van der Waals surface area contributed by atoms with Gasteiger partial charge in [-0.1, -0.05) is 36.4 Å². The van der Waals surface area contributed by atoms with Crippen LogP contribution < -0.4 is 5.73 Å². The number of nitrogens with two attached hydrogens (primary N) is 1. The molecule has 1 saturated heterocycles. The predicted octanol–water partition coefficient (Wildman–Crippen LogP) is 0.800. The molecule has 3 N–H and O–H groups in total. The molecule has 0 radical (unpaired) electrons. The van der Waals surface area contributed by atoms with Crippen LogP contribution in [-0.4, -0.2) is 49.7 Å². The van der Waals surface area contributed by atoms with Gasteiger partial charge in [0.1, 0.15) is 6.04 Å². The maximum absolute atomic E-state index is 12.5. The molecule has 1 aromatic rings. The first-order chi connectivity index (χ1) is 13.0. The molecule has 0 aromatic heterocycles. The van der Waals surface area contributed by atoms with Crippen molar-refractivity contribution in [3.63, 3.8) is 0 Å². The highest BCUT2D eigenvalue weighted by atomic mass is 16.7. The quantitative estimate of drug-likeness (QED) is 0.559. The second-order valence-corrected chi connectivity index (χ2v) is 6.93. The van der Waals surface area contributed by atoms with Crippen molar-refractivity contribution >= 4 is 11.9 Å². The molecule has 7 heteroatoms. The summed E-state index contributed by atoms with van der Waals surface area (Å²) in [5, 5.41) is 9.64. The first kappa shape index (κ1) is 19.5. The first-order valence-corrected chi connectivity index (χ1v) is 9.04. The Hall–Kier alpha value is -2.22. The summed E-state index contributed by atoms with van der Waals surface area (Å²) in [4.78, 5) is 24.5. The van der Waals surface area contributed by atoms with E-state index in [0.717, 1.165) is 5.56 Å². The Kier molecular flexibility index (Phi) is 6.26. The second-order valence-electron chi connectivity index (χ2n) is 6.93. The fourth-order valence-electron chi connectivity index (χ4n) is 3.89. The van der Waals surface area contributed by atoms with E-state index in [0.29, 0.717) is 18.4 Å². The zero-order valence-corrected chi connectivity index (χ0v) is 15.2. The van der Waals surface area contributed by atoms with Gasteiger partial charge in [0, 0.05) is 5.92 Å². The maximum atomic E-state index is 12.5. The number of aliphatic hydroxyl groups excluding tert-OH is 1. The first-order valence-electron chi connectivity index (χ1n) is 9.04. The molecule has 27 heavy (non-hydrogen) atoms. The van der Waals surface area contributed by atoms with Crippen molar-refractivity contribution < 1.29 is 28.9 Å². The Labute approximate surface area is 158 Å². The summed E-state index contributed by atoms with van der Waals surface area (Å²) in [6.45, 7) is -0.0746. The number of carbonyl (C=O) groups is 2. The lowest BCUT2D eigenvalue weighted by molar-refractivity contribution is -0.219. The van der Waals surface area contributed by atoms with Crippen LogP contribution in [0.15, 0.2) is 42.0 Å². The topological polar surface area (TPSA) is 108 Å². The van der Waals surface area contributed by atoms with Crippen LogP contribution in [0.1, 0.15) is 12.0 Å². The summed E-state index contributed by atoms with van der Waals surface area (Å²) in [7, 11) is 1.33. The summed E-state index contributed by atoms with van der Waals surface area (Å²) >= 11 is 0. The second kappa shape index (κ2) is 8.65. The van der Waals surface area contributed by atoms with E-state index in [1.54, 1.807) is 0 Å². The molecule has 0 bridgehead atoms. The number of ether oxygens (including phenoxy) is 3. The molecule has 1 heterocycles. The number of esters is 2. The number of allylic oxidation sites excluding steroid dienone is 1. The normalized spacial score (nSPS) is 28.0. The van der Waals surface area contributed by atoms with Crippen LogP contribution in [-0.2, 0) is 30.2 Å². The lowest BCUT2D eigenvalue weighted by Crippen LogP contribution is -2.48. The smallest absolute Gasteiger partial charge is 0.325 e. The maximum Gasteiger partial charge on any atom is 0.325 e. The molecule has 1 fully saturated rings. The number of aliphatic hydroxyl groups is 1. The number of carbonyl (C=O) groups excluding carboxylic acids is 2. The van der Waals surface area contributed by atoms with E-state index in [4.69, 9.17) is 19.9 Å². The highest BCUT2D eigenvalue weighted by Gasteiger charge is 2.49. The van der Waals surface area contributed by atoms with Crippen molar-refractivity contribution in [1.82, 2.24) is 0 Å². The molecule has 146 valence electrons. The molecule has 2 aliphatic rings. The molecule has 3 rings (SSSR count). The van der Waals surface area contributed by atoms with Crippen molar-refractivity contribution in [1.29, 1.82) is 0 Å². The molecular weight excluding hydrogens is 350 g/mol. The molecule has 0 saturated carbocycles. The van der Waals surface area contributed by atoms with Crippen LogP contribution in [0, 0.1) is 17.8 Å². The van der Waals surface area contributed by atoms with Crippen LogP contribution >= 0.6 is 0 Å². The van der Waals surface area contributed by atoms with Gasteiger partial charge in [0.25, 0.3) is 0 Å². The summed E-state index contributed by atoms with van der Waals surface area (Å²) < 4.78 is 16.1. The van der Waals surface area contributed by atoms with Crippen molar-refractivity contribution in [3.8, 4) is 0 Å². The van der Waals surface area contributed by atoms with Crippen LogP contribution in [0.25, 0.3) is 0 Å². The van der Waals surface area contributed by atoms with E-state index in [1.807, 2.05) is 36.4 Å². The van der Waals surface area contributed by atoms with Gasteiger partial charge in [-0.25, -0.2) is 0 Å². The zero-order valence-electron chi connectivity index (χ0n) is 15.2. The molecule has 5 atom stereocenters. The molecule has 7 nitrogen and oxygen atoms in total. The van der Waals surface area contributed by atoms with E-state index in [2.05, 4.69) is 0 Å². The molecule has 1 aromatic carbocycles. The summed E-state index contributed by atoms with van der Waals surface area (Å²) in [5.41, 5.74) is 7.65. The molecule has 5 unspecified atom stereocenters. The van der Waals surface area contributed by atoms with Crippen LogP contribution in [0.3, 0.4) is 0 Å². The van der Waals surface area contributed by atoms with Crippen molar-refractivity contribution in [2.45, 2.75) is 25.2 Å². The van der Waals surface area contributed by atoms with E-state index in [1.165, 1.54) is 7.11 Å². The van der Waals surface area contributed by atoms with E-state index < -0.39 is 24.2 Å². The van der Waals surface area contributed by atoms with Gasteiger partial charge in [-0.15, -0.1) is 0 Å². The van der Waals surface area contributed by atoms with Gasteiger partial charge >= 0.3 is 11.9 Å². The number of hydrogen-bond donors (Lipinski definition) is 2. The molecule has 0 spiro atoms. The highest BCUT2D eigenvalue weighted by Crippen LogP contribution is 2.44. The molecular formula is C20H25NO6. The van der Waals surface area contributed by atoms with Gasteiger partial charge in [0.15, 0.2) is 0 Å². The highest BCUT2D eigenvalue weighted by molar-refractivity contribution is 5.76. The minimum atomic E-state index is -0.869. The van der Waals surface area contributed by atoms with Gasteiger partial charge < -0.3 is 25.1 Å². The largest absolute Gasteiger partial charge is 0.469 e. The predicted molar refractivity (Wildman–Crippen MR) is 96.2 cm³/mol. The van der Waals surface area contributed by atoms with Crippen LogP contribution in [0.4, 0.5) is 0 Å². The van der Waals surface area contributed by atoms with E-state index in [9.17, 15) is 14.7 Å². The Morgan fingerprint density at radius 3 is 2.74 bits per heavy atom. The Morgan fingerprint density at radius 2 is 2.07 bits per heavy atom. The standard InChI is InChI=1S/C20H25NO6/c1-25-18(23)15-11-26-20(17-13(10-22)7-8-14(15)17)27-19(24)16(21)9-12-5-3-2-4-6-12/h2-7,14-17,20,22H,8-11,21H2,1H3. The zero-order chi connectivity index (χ0) is 19.4. The van der Waals surface area contributed by atoms with Crippen LogP contribution in [0.2, 0.25) is 0 Å². The van der Waals surface area contributed by atoms with E-state index >= 15 is 0 Å². The summed E-state index contributed by atoms with van der Waals surface area (Å²) in [6.07, 6.45) is 1.97. The molecule has 1 aliphatic heterocycles. The number of benzene rings is 1. The monoisotopic (exact) mass is 375 g/mol. The van der Waals surface area contributed by atoms with Gasteiger partial charge in [-0.05, 0) is 29.9 Å². The Balaban J connectivity index is 1.67. The van der Waals surface area contributed by atoms with Gasteiger partial charge in [0.05, 0.1) is 26.2 Å². The van der Waals surface area contributed by atoms with Gasteiger partial charge in [-0.2, -0.15) is 0 Å². The number of hydrogen-bond acceptors (Lipinski definition) is 7.